The molecule has 0 bridgehead atoms. The summed E-state index contributed by atoms with van der Waals surface area (Å²) < 4.78 is 13.9. The minimum Gasteiger partial charge on any atom is -0.398 e. The molecule has 0 amide bonds. The molecule has 5 heteroatoms. The van der Waals surface area contributed by atoms with Crippen LogP contribution in [0.4, 0.5) is 10.1 Å². The molecule has 5 N–H and O–H groups in total. The highest BCUT2D eigenvalue weighted by molar-refractivity contribution is 6.30. The summed E-state index contributed by atoms with van der Waals surface area (Å²) in [6, 6.07) is 11.1. The molecule has 2 aromatic rings. The Morgan fingerprint density at radius 2 is 1.83 bits per heavy atom. The van der Waals surface area contributed by atoms with Gasteiger partial charge in [-0.05, 0) is 23.8 Å². The van der Waals surface area contributed by atoms with Gasteiger partial charge in [0.15, 0.2) is 0 Å². The van der Waals surface area contributed by atoms with Gasteiger partial charge in [-0.2, -0.15) is 0 Å². The van der Waals surface area contributed by atoms with Crippen molar-refractivity contribution in [3.05, 3.63) is 64.4 Å². The zero-order chi connectivity index (χ0) is 13.1. The van der Waals surface area contributed by atoms with Crippen LogP contribution in [-0.4, -0.2) is 0 Å². The smallest absolute Gasteiger partial charge is 0.129 e. The van der Waals surface area contributed by atoms with Crippen molar-refractivity contribution in [1.29, 1.82) is 0 Å². The van der Waals surface area contributed by atoms with Gasteiger partial charge in [-0.15, -0.1) is 0 Å². The average Bonchev–Trinajstić information content (AvgIpc) is 2.34. The summed E-state index contributed by atoms with van der Waals surface area (Å²) in [6.45, 7) is 0. The van der Waals surface area contributed by atoms with Crippen LogP contribution in [0.15, 0.2) is 42.5 Å². The van der Waals surface area contributed by atoms with E-state index in [1.807, 2.05) is 12.1 Å². The molecular formula is C13H13ClFN3. The molecule has 0 heterocycles. The third kappa shape index (κ3) is 2.46. The van der Waals surface area contributed by atoms with E-state index in [0.29, 0.717) is 16.3 Å². The lowest BCUT2D eigenvalue weighted by Crippen LogP contribution is -2.30. The number of nitrogens with two attached hydrogens (primary N) is 2. The standard InChI is InChI=1S/C13H13ClFN3/c14-8-5-6-9(11(15)7-8)13(18-17)10-3-1-2-4-12(10)16/h1-7,13,18H,16-17H2. The minimum atomic E-state index is -0.511. The lowest BCUT2D eigenvalue weighted by Gasteiger charge is -2.19. The highest BCUT2D eigenvalue weighted by Gasteiger charge is 2.18. The normalized spacial score (nSPS) is 12.4. The van der Waals surface area contributed by atoms with E-state index in [1.165, 1.54) is 6.07 Å². The monoisotopic (exact) mass is 265 g/mol. The highest BCUT2D eigenvalue weighted by atomic mass is 35.5. The van der Waals surface area contributed by atoms with Crippen LogP contribution in [0, 0.1) is 5.82 Å². The van der Waals surface area contributed by atoms with Crippen LogP contribution in [0.5, 0.6) is 0 Å². The number of nitrogen functional groups attached to an aromatic ring is 1. The number of benzene rings is 2. The second-order valence-electron chi connectivity index (χ2n) is 3.89. The second-order valence-corrected chi connectivity index (χ2v) is 4.33. The SMILES string of the molecule is NNC(c1ccccc1N)c1ccc(Cl)cc1F. The van der Waals surface area contributed by atoms with Gasteiger partial charge in [0.05, 0.1) is 6.04 Å². The van der Waals surface area contributed by atoms with Crippen LogP contribution in [0.1, 0.15) is 17.2 Å². The van der Waals surface area contributed by atoms with Crippen LogP contribution in [0.2, 0.25) is 5.02 Å². The molecule has 0 aliphatic heterocycles. The number of anilines is 1. The minimum absolute atomic E-state index is 0.341. The summed E-state index contributed by atoms with van der Waals surface area (Å²) in [6.07, 6.45) is 0. The van der Waals surface area contributed by atoms with E-state index >= 15 is 0 Å². The lowest BCUT2D eigenvalue weighted by atomic mass is 9.97. The van der Waals surface area contributed by atoms with Gasteiger partial charge in [-0.3, -0.25) is 5.84 Å². The molecule has 94 valence electrons. The average molecular weight is 266 g/mol. The Labute approximate surface area is 110 Å². The van der Waals surface area contributed by atoms with E-state index in [4.69, 9.17) is 23.2 Å². The number of nitrogens with one attached hydrogen (secondary N) is 1. The van der Waals surface area contributed by atoms with E-state index in [2.05, 4.69) is 5.43 Å². The molecule has 3 nitrogen and oxygen atoms in total. The van der Waals surface area contributed by atoms with Gasteiger partial charge in [0.1, 0.15) is 5.82 Å². The molecular weight excluding hydrogens is 253 g/mol. The highest BCUT2D eigenvalue weighted by Crippen LogP contribution is 2.28. The number of hydrogen-bond donors (Lipinski definition) is 3. The van der Waals surface area contributed by atoms with Gasteiger partial charge in [0.25, 0.3) is 0 Å². The van der Waals surface area contributed by atoms with Crippen LogP contribution in [-0.2, 0) is 0 Å². The Morgan fingerprint density at radius 3 is 2.44 bits per heavy atom. The molecule has 0 fully saturated rings. The van der Waals surface area contributed by atoms with Crippen molar-refractivity contribution in [3.8, 4) is 0 Å². The summed E-state index contributed by atoms with van der Waals surface area (Å²) in [5.74, 6) is 5.08. The van der Waals surface area contributed by atoms with Crippen LogP contribution in [0.25, 0.3) is 0 Å². The van der Waals surface area contributed by atoms with Gasteiger partial charge >= 0.3 is 0 Å². The fraction of sp³-hybridized carbons (Fsp3) is 0.0769. The number of para-hydroxylation sites is 1. The third-order valence-electron chi connectivity index (χ3n) is 2.75. The number of hydrazine groups is 1. The fourth-order valence-electron chi connectivity index (χ4n) is 1.86. The molecule has 0 saturated heterocycles. The molecule has 0 spiro atoms. The van der Waals surface area contributed by atoms with Gasteiger partial charge in [0, 0.05) is 16.3 Å². The lowest BCUT2D eigenvalue weighted by molar-refractivity contribution is 0.561. The first-order valence-corrected chi connectivity index (χ1v) is 5.76. The maximum absolute atomic E-state index is 13.9. The number of rotatable bonds is 3. The van der Waals surface area contributed by atoms with Gasteiger partial charge < -0.3 is 5.73 Å². The van der Waals surface area contributed by atoms with Gasteiger partial charge in [0.2, 0.25) is 0 Å². The molecule has 0 saturated carbocycles. The number of halogens is 2. The second kappa shape index (κ2) is 5.35. The molecule has 2 rings (SSSR count). The van der Waals surface area contributed by atoms with Crippen LogP contribution >= 0.6 is 11.6 Å². The van der Waals surface area contributed by atoms with Crippen LogP contribution in [0.3, 0.4) is 0 Å². The van der Waals surface area contributed by atoms with E-state index in [1.54, 1.807) is 24.3 Å². The Balaban J connectivity index is 2.49. The fourth-order valence-corrected chi connectivity index (χ4v) is 2.02. The summed E-state index contributed by atoms with van der Waals surface area (Å²) in [4.78, 5) is 0. The first-order valence-electron chi connectivity index (χ1n) is 5.39. The van der Waals surface area contributed by atoms with E-state index in [-0.39, 0.29) is 0 Å². The zero-order valence-electron chi connectivity index (χ0n) is 9.53. The molecule has 0 aliphatic carbocycles. The van der Waals surface area contributed by atoms with E-state index < -0.39 is 11.9 Å². The molecule has 0 radical (unpaired) electrons. The maximum Gasteiger partial charge on any atom is 0.129 e. The summed E-state index contributed by atoms with van der Waals surface area (Å²) in [5.41, 5.74) is 10.1. The van der Waals surface area contributed by atoms with Crippen LogP contribution < -0.4 is 17.0 Å². The van der Waals surface area contributed by atoms with Crippen molar-refractivity contribution in [3.63, 3.8) is 0 Å². The van der Waals surface area contributed by atoms with Crippen molar-refractivity contribution in [2.75, 3.05) is 5.73 Å². The summed E-state index contributed by atoms with van der Waals surface area (Å²) in [7, 11) is 0. The first-order chi connectivity index (χ1) is 8.63. The van der Waals surface area contributed by atoms with Crippen molar-refractivity contribution in [1.82, 2.24) is 5.43 Å². The first kappa shape index (κ1) is 12.8. The third-order valence-corrected chi connectivity index (χ3v) is 2.98. The predicted molar refractivity (Wildman–Crippen MR) is 71.4 cm³/mol. The number of hydrogen-bond acceptors (Lipinski definition) is 3. The molecule has 1 unspecified atom stereocenters. The summed E-state index contributed by atoms with van der Waals surface area (Å²) >= 11 is 5.73. The van der Waals surface area contributed by atoms with E-state index in [0.717, 1.165) is 5.56 Å². The Bertz CT molecular complexity index is 560. The van der Waals surface area contributed by atoms with Crippen molar-refractivity contribution in [2.24, 2.45) is 5.84 Å². The molecule has 18 heavy (non-hydrogen) atoms. The topological polar surface area (TPSA) is 64.1 Å². The Hall–Kier alpha value is -1.62. The molecule has 2 aromatic carbocycles. The molecule has 1 atom stereocenters. The molecule has 0 aliphatic rings. The Morgan fingerprint density at radius 1 is 1.11 bits per heavy atom. The van der Waals surface area contributed by atoms with Crippen molar-refractivity contribution in [2.45, 2.75) is 6.04 Å². The largest absolute Gasteiger partial charge is 0.398 e. The van der Waals surface area contributed by atoms with Gasteiger partial charge in [-0.1, -0.05) is 35.9 Å². The molecule has 0 aromatic heterocycles. The van der Waals surface area contributed by atoms with E-state index in [9.17, 15) is 4.39 Å². The maximum atomic E-state index is 13.9. The Kier molecular flexibility index (Phi) is 3.81. The van der Waals surface area contributed by atoms with Gasteiger partial charge in [-0.25, -0.2) is 9.82 Å². The zero-order valence-corrected chi connectivity index (χ0v) is 10.3. The van der Waals surface area contributed by atoms with Crippen molar-refractivity contribution < 1.29 is 4.39 Å². The quantitative estimate of drug-likeness (QED) is 0.454. The van der Waals surface area contributed by atoms with Crippen molar-refractivity contribution >= 4 is 17.3 Å². The predicted octanol–water partition coefficient (Wildman–Crippen LogP) is 2.61. The summed E-state index contributed by atoms with van der Waals surface area (Å²) in [5, 5.41) is 0.341.